The third-order valence-electron chi connectivity index (χ3n) is 2.17. The molecule has 0 aliphatic carbocycles. The normalized spacial score (nSPS) is 11.0. The first-order valence-corrected chi connectivity index (χ1v) is 6.98. The van der Waals surface area contributed by atoms with Crippen molar-refractivity contribution in [1.82, 2.24) is 0 Å². The predicted octanol–water partition coefficient (Wildman–Crippen LogP) is 1.53. The molecule has 0 fully saturated rings. The number of rotatable bonds is 10. The Morgan fingerprint density at radius 1 is 0.952 bits per heavy atom. The monoisotopic (exact) mass is 304 g/mol. The molecule has 5 heteroatoms. The molecule has 0 rings (SSSR count). The van der Waals surface area contributed by atoms with Crippen molar-refractivity contribution >= 4 is 0 Å². The molecular weight excluding hydrogens is 272 g/mol. The van der Waals surface area contributed by atoms with Crippen molar-refractivity contribution in [3.05, 3.63) is 24.3 Å². The molecule has 0 bridgehead atoms. The quantitative estimate of drug-likeness (QED) is 0.533. The van der Waals surface area contributed by atoms with Crippen LogP contribution in [0.4, 0.5) is 0 Å². The fourth-order valence-electron chi connectivity index (χ4n) is 0.837. The van der Waals surface area contributed by atoms with Crippen LogP contribution < -0.4 is 0 Å². The van der Waals surface area contributed by atoms with Crippen LogP contribution in [0, 0.1) is 5.41 Å². The smallest absolute Gasteiger partial charge is 0.101 e. The summed E-state index contributed by atoms with van der Waals surface area (Å²) in [4.78, 5) is 0. The zero-order chi connectivity index (χ0) is 16.9. The van der Waals surface area contributed by atoms with E-state index < -0.39 is 6.10 Å². The Morgan fingerprint density at radius 2 is 1.29 bits per heavy atom. The molecule has 0 aromatic heterocycles. The fraction of sp³-hybridized carbons (Fsp3) is 0.750. The van der Waals surface area contributed by atoms with Gasteiger partial charge in [0.2, 0.25) is 0 Å². The predicted molar refractivity (Wildman–Crippen MR) is 85.2 cm³/mol. The second-order valence-corrected chi connectivity index (χ2v) is 6.08. The Bertz CT molecular complexity index is 260. The second-order valence-electron chi connectivity index (χ2n) is 6.08. The third kappa shape index (κ3) is 19.3. The molecule has 3 N–H and O–H groups in total. The number of hydrogen-bond donors (Lipinski definition) is 3. The molecule has 0 spiro atoms. The molecule has 0 aliphatic heterocycles. The molecule has 0 saturated heterocycles. The van der Waals surface area contributed by atoms with Gasteiger partial charge in [-0.3, -0.25) is 0 Å². The van der Waals surface area contributed by atoms with Gasteiger partial charge in [-0.05, 0) is 13.8 Å². The third-order valence-corrected chi connectivity index (χ3v) is 2.17. The average Bonchev–Trinajstić information content (AvgIpc) is 2.38. The maximum absolute atomic E-state index is 9.37. The molecule has 0 unspecified atom stereocenters. The van der Waals surface area contributed by atoms with E-state index in [1.54, 1.807) is 13.8 Å². The highest BCUT2D eigenvalue weighted by Gasteiger charge is 2.13. The lowest BCUT2D eigenvalue weighted by molar-refractivity contribution is -0.00896. The molecule has 0 atom stereocenters. The van der Waals surface area contributed by atoms with E-state index >= 15 is 0 Å². The molecule has 0 aliphatic rings. The summed E-state index contributed by atoms with van der Waals surface area (Å²) in [5.74, 6) is 0. The van der Waals surface area contributed by atoms with E-state index in [4.69, 9.17) is 19.7 Å². The van der Waals surface area contributed by atoms with Gasteiger partial charge < -0.3 is 24.8 Å². The summed E-state index contributed by atoms with van der Waals surface area (Å²) in [5, 5.41) is 26.2. The van der Waals surface area contributed by atoms with Crippen molar-refractivity contribution < 1.29 is 24.8 Å². The Labute approximate surface area is 128 Å². The summed E-state index contributed by atoms with van der Waals surface area (Å²) in [6, 6.07) is 0. The molecular formula is C16H32O5. The zero-order valence-electron chi connectivity index (χ0n) is 13.9. The van der Waals surface area contributed by atoms with Crippen LogP contribution in [0.1, 0.15) is 27.7 Å². The number of hydrogen-bond acceptors (Lipinski definition) is 5. The van der Waals surface area contributed by atoms with Crippen molar-refractivity contribution in [2.24, 2.45) is 5.41 Å². The Kier molecular flexibility index (Phi) is 13.9. The summed E-state index contributed by atoms with van der Waals surface area (Å²) in [6.45, 7) is 16.4. The minimum Gasteiger partial charge on any atom is -0.396 e. The van der Waals surface area contributed by atoms with E-state index in [1.165, 1.54) is 0 Å². The lowest BCUT2D eigenvalue weighted by Crippen LogP contribution is -2.22. The minimum atomic E-state index is -0.575. The molecule has 0 saturated carbocycles. The van der Waals surface area contributed by atoms with Crippen LogP contribution in [0.3, 0.4) is 0 Å². The van der Waals surface area contributed by atoms with Crippen molar-refractivity contribution in [3.63, 3.8) is 0 Å². The molecule has 0 aromatic carbocycles. The van der Waals surface area contributed by atoms with Crippen LogP contribution in [0.25, 0.3) is 0 Å². The van der Waals surface area contributed by atoms with Gasteiger partial charge >= 0.3 is 0 Å². The van der Waals surface area contributed by atoms with Crippen molar-refractivity contribution in [2.45, 2.75) is 33.8 Å². The summed E-state index contributed by atoms with van der Waals surface area (Å²) in [6.07, 6.45) is -0.575. The van der Waals surface area contributed by atoms with Crippen LogP contribution in [-0.2, 0) is 9.47 Å². The summed E-state index contributed by atoms with van der Waals surface area (Å²) in [5.41, 5.74) is 1.58. The summed E-state index contributed by atoms with van der Waals surface area (Å²) < 4.78 is 10.3. The van der Waals surface area contributed by atoms with Gasteiger partial charge in [-0.15, -0.1) is 0 Å². The Morgan fingerprint density at radius 3 is 1.48 bits per heavy atom. The Balaban J connectivity index is 0. The molecule has 21 heavy (non-hydrogen) atoms. The second kappa shape index (κ2) is 13.0. The molecule has 0 amide bonds. The van der Waals surface area contributed by atoms with E-state index in [0.717, 1.165) is 11.1 Å². The van der Waals surface area contributed by atoms with Crippen LogP contribution in [0.15, 0.2) is 24.3 Å². The highest BCUT2D eigenvalue weighted by molar-refractivity contribution is 4.88. The van der Waals surface area contributed by atoms with Gasteiger partial charge in [-0.25, -0.2) is 0 Å². The van der Waals surface area contributed by atoms with E-state index in [2.05, 4.69) is 13.2 Å². The SMILES string of the molecule is C=C(C)COCC(O)COCC(=C)C.CC(C)(CO)CO. The number of aliphatic hydroxyl groups excluding tert-OH is 3. The van der Waals surface area contributed by atoms with Crippen LogP contribution in [-0.4, -0.2) is 61.1 Å². The lowest BCUT2D eigenvalue weighted by atomic mass is 9.97. The first-order chi connectivity index (χ1) is 9.64. The topological polar surface area (TPSA) is 79.2 Å². The molecule has 126 valence electrons. The van der Waals surface area contributed by atoms with Crippen molar-refractivity contribution in [3.8, 4) is 0 Å². The highest BCUT2D eigenvalue weighted by Crippen LogP contribution is 2.10. The summed E-state index contributed by atoms with van der Waals surface area (Å²) >= 11 is 0. The van der Waals surface area contributed by atoms with Crippen LogP contribution in [0.5, 0.6) is 0 Å². The first kappa shape index (κ1) is 22.6. The van der Waals surface area contributed by atoms with Gasteiger partial charge in [0.25, 0.3) is 0 Å². The molecule has 0 aromatic rings. The van der Waals surface area contributed by atoms with Gasteiger partial charge in [0.15, 0.2) is 0 Å². The van der Waals surface area contributed by atoms with E-state index in [-0.39, 0.29) is 31.8 Å². The molecule has 5 nitrogen and oxygen atoms in total. The Hall–Kier alpha value is -0.720. The van der Waals surface area contributed by atoms with Crippen LogP contribution >= 0.6 is 0 Å². The number of ether oxygens (including phenoxy) is 2. The van der Waals surface area contributed by atoms with Crippen molar-refractivity contribution in [2.75, 3.05) is 39.6 Å². The van der Waals surface area contributed by atoms with Crippen molar-refractivity contribution in [1.29, 1.82) is 0 Å². The maximum atomic E-state index is 9.37. The van der Waals surface area contributed by atoms with Gasteiger partial charge in [0.1, 0.15) is 6.10 Å². The van der Waals surface area contributed by atoms with E-state index in [9.17, 15) is 5.11 Å². The molecule has 0 radical (unpaired) electrons. The number of aliphatic hydroxyl groups is 3. The van der Waals surface area contributed by atoms with Gasteiger partial charge in [-0.2, -0.15) is 0 Å². The standard InChI is InChI=1S/C11H20O3.C5H12O2/c1-9(2)5-13-7-11(12)8-14-6-10(3)4;1-5(2,3-6)4-7/h11-12H,1,3,5-8H2,2,4H3;6-7H,3-4H2,1-2H3. The van der Waals surface area contributed by atoms with Gasteiger partial charge in [0.05, 0.1) is 39.6 Å². The van der Waals surface area contributed by atoms with E-state index in [1.807, 2.05) is 13.8 Å². The first-order valence-electron chi connectivity index (χ1n) is 6.98. The van der Waals surface area contributed by atoms with Gasteiger partial charge in [-0.1, -0.05) is 38.2 Å². The highest BCUT2D eigenvalue weighted by atomic mass is 16.5. The largest absolute Gasteiger partial charge is 0.396 e. The molecule has 0 heterocycles. The summed E-state index contributed by atoms with van der Waals surface area (Å²) in [7, 11) is 0. The minimum absolute atomic E-state index is 0.0451. The lowest BCUT2D eigenvalue weighted by Gasteiger charge is -2.16. The van der Waals surface area contributed by atoms with Crippen LogP contribution in [0.2, 0.25) is 0 Å². The fourth-order valence-corrected chi connectivity index (χ4v) is 0.837. The van der Waals surface area contributed by atoms with E-state index in [0.29, 0.717) is 13.2 Å². The average molecular weight is 304 g/mol. The zero-order valence-corrected chi connectivity index (χ0v) is 13.9. The maximum Gasteiger partial charge on any atom is 0.101 e. The van der Waals surface area contributed by atoms with Gasteiger partial charge in [0, 0.05) is 5.41 Å².